The summed E-state index contributed by atoms with van der Waals surface area (Å²) in [5, 5.41) is 9.86. The molecule has 4 nitrogen and oxygen atoms in total. The van der Waals surface area contributed by atoms with Gasteiger partial charge in [-0.3, -0.25) is 15.5 Å². The van der Waals surface area contributed by atoms with Gasteiger partial charge >= 0.3 is 5.97 Å². The van der Waals surface area contributed by atoms with E-state index in [0.717, 1.165) is 37.8 Å². The topological polar surface area (TPSA) is 58.6 Å². The third-order valence-corrected chi connectivity index (χ3v) is 13.4. The number of esters is 1. The van der Waals surface area contributed by atoms with E-state index >= 15 is 0 Å². The van der Waals surface area contributed by atoms with Crippen LogP contribution in [0, 0.1) is 56.7 Å². The number of hydroxylamine groups is 1. The number of hydrogen-bond donors (Lipinski definition) is 2. The highest BCUT2D eigenvalue weighted by molar-refractivity contribution is 5.78. The Balaban J connectivity index is 1.57. The number of allylic oxidation sites excluding steroid dienone is 3. The molecule has 196 valence electrons. The normalized spacial score (nSPS) is 50.1. The van der Waals surface area contributed by atoms with Crippen LogP contribution in [0.25, 0.3) is 0 Å². The standard InChI is InChI=1S/C31H49NO3/c1-19(2)20-11-16-31(26(33)35-8)18-17-29(6)21(25(20)31)9-10-23-28(5)14-13-24(32-34)27(3,4)22(28)12-15-30(23,29)7/h13,20-23,25,32,34H,1,9-12,14-18H2,2-8H3. The number of fused-ring (bicyclic) bond motifs is 7. The van der Waals surface area contributed by atoms with Crippen LogP contribution in [0.2, 0.25) is 0 Å². The summed E-state index contributed by atoms with van der Waals surface area (Å²) in [4.78, 5) is 13.4. The van der Waals surface area contributed by atoms with Gasteiger partial charge in [0.2, 0.25) is 0 Å². The molecule has 0 aromatic carbocycles. The van der Waals surface area contributed by atoms with Crippen LogP contribution in [-0.4, -0.2) is 18.3 Å². The predicted molar refractivity (Wildman–Crippen MR) is 139 cm³/mol. The fourth-order valence-electron chi connectivity index (χ4n) is 11.5. The van der Waals surface area contributed by atoms with Crippen molar-refractivity contribution in [2.24, 2.45) is 56.7 Å². The van der Waals surface area contributed by atoms with Crippen LogP contribution in [0.15, 0.2) is 23.9 Å². The Bertz CT molecular complexity index is 953. The third-order valence-electron chi connectivity index (χ3n) is 13.4. The Labute approximate surface area is 213 Å². The van der Waals surface area contributed by atoms with Gasteiger partial charge in [0, 0.05) is 11.1 Å². The first-order chi connectivity index (χ1) is 16.3. The molecule has 0 radical (unpaired) electrons. The van der Waals surface area contributed by atoms with E-state index in [4.69, 9.17) is 4.74 Å². The fourth-order valence-corrected chi connectivity index (χ4v) is 11.5. The number of carbonyl (C=O) groups excluding carboxylic acids is 1. The highest BCUT2D eigenvalue weighted by Crippen LogP contribution is 2.77. The van der Waals surface area contributed by atoms with Gasteiger partial charge < -0.3 is 4.74 Å². The molecule has 4 fully saturated rings. The Morgan fingerprint density at radius 3 is 2.34 bits per heavy atom. The van der Waals surface area contributed by atoms with Crippen molar-refractivity contribution in [1.29, 1.82) is 0 Å². The number of hydrogen-bond acceptors (Lipinski definition) is 4. The summed E-state index contributed by atoms with van der Waals surface area (Å²) in [5.74, 6) is 2.59. The largest absolute Gasteiger partial charge is 0.469 e. The third kappa shape index (κ3) is 2.98. The first-order valence-corrected chi connectivity index (χ1v) is 14.2. The average molecular weight is 484 g/mol. The Kier molecular flexibility index (Phi) is 5.69. The lowest BCUT2D eigenvalue weighted by Crippen LogP contribution is -2.66. The van der Waals surface area contributed by atoms with Crippen molar-refractivity contribution < 1.29 is 14.7 Å². The smallest absolute Gasteiger partial charge is 0.312 e. The monoisotopic (exact) mass is 483 g/mol. The molecular weight excluding hydrogens is 434 g/mol. The SMILES string of the molecule is C=C(C)C1CCC2(C(=O)OC)CCC3(C)C(CCC4C5(C)CC=C(NO)C(C)(C)C5CCC43C)C12. The molecule has 0 bridgehead atoms. The van der Waals surface area contributed by atoms with Crippen LogP contribution in [0.3, 0.4) is 0 Å². The molecule has 0 aromatic heterocycles. The minimum Gasteiger partial charge on any atom is -0.469 e. The molecule has 0 saturated heterocycles. The van der Waals surface area contributed by atoms with Gasteiger partial charge in [-0.15, -0.1) is 0 Å². The second-order valence-electron chi connectivity index (χ2n) is 14.5. The molecule has 4 saturated carbocycles. The van der Waals surface area contributed by atoms with E-state index in [1.807, 2.05) is 0 Å². The zero-order chi connectivity index (χ0) is 25.6. The lowest BCUT2D eigenvalue weighted by Gasteiger charge is -2.72. The molecule has 5 rings (SSSR count). The summed E-state index contributed by atoms with van der Waals surface area (Å²) < 4.78 is 5.50. The molecule has 5 aliphatic carbocycles. The van der Waals surface area contributed by atoms with Gasteiger partial charge in [0.25, 0.3) is 0 Å². The number of methoxy groups -OCH3 is 1. The van der Waals surface area contributed by atoms with Gasteiger partial charge in [0.15, 0.2) is 0 Å². The highest BCUT2D eigenvalue weighted by atomic mass is 16.5. The molecule has 35 heavy (non-hydrogen) atoms. The van der Waals surface area contributed by atoms with Gasteiger partial charge in [-0.05, 0) is 111 Å². The van der Waals surface area contributed by atoms with E-state index in [9.17, 15) is 10.0 Å². The number of nitrogens with one attached hydrogen (secondary N) is 1. The van der Waals surface area contributed by atoms with Crippen molar-refractivity contribution in [2.75, 3.05) is 7.11 Å². The molecule has 4 heteroatoms. The van der Waals surface area contributed by atoms with Crippen molar-refractivity contribution in [2.45, 2.75) is 99.3 Å². The van der Waals surface area contributed by atoms with Crippen molar-refractivity contribution in [3.63, 3.8) is 0 Å². The number of rotatable bonds is 3. The zero-order valence-electron chi connectivity index (χ0n) is 23.3. The summed E-state index contributed by atoms with van der Waals surface area (Å²) in [6.45, 7) is 19.0. The average Bonchev–Trinajstić information content (AvgIpc) is 3.20. The van der Waals surface area contributed by atoms with E-state index < -0.39 is 0 Å². The number of ether oxygens (including phenoxy) is 1. The van der Waals surface area contributed by atoms with Crippen molar-refractivity contribution in [1.82, 2.24) is 5.48 Å². The molecule has 2 N–H and O–H groups in total. The van der Waals surface area contributed by atoms with Gasteiger partial charge in [-0.1, -0.05) is 52.8 Å². The lowest BCUT2D eigenvalue weighted by atomic mass is 9.32. The maximum Gasteiger partial charge on any atom is 0.312 e. The molecule has 0 spiro atoms. The van der Waals surface area contributed by atoms with Crippen LogP contribution in [-0.2, 0) is 9.53 Å². The maximum atomic E-state index is 13.4. The quantitative estimate of drug-likeness (QED) is 0.251. The Morgan fingerprint density at radius 2 is 1.71 bits per heavy atom. The molecule has 0 aromatic rings. The van der Waals surface area contributed by atoms with Crippen molar-refractivity contribution in [3.8, 4) is 0 Å². The van der Waals surface area contributed by atoms with Crippen molar-refractivity contribution >= 4 is 5.97 Å². The summed E-state index contributed by atoms with van der Waals surface area (Å²) in [6, 6.07) is 0. The van der Waals surface area contributed by atoms with Gasteiger partial charge in [0.05, 0.1) is 12.5 Å². The minimum absolute atomic E-state index is 0.0412. The van der Waals surface area contributed by atoms with Crippen LogP contribution in [0.5, 0.6) is 0 Å². The summed E-state index contributed by atoms with van der Waals surface area (Å²) in [6.07, 6.45) is 12.4. The number of carbonyl (C=O) groups is 1. The Hall–Kier alpha value is -1.29. The van der Waals surface area contributed by atoms with Crippen LogP contribution < -0.4 is 5.48 Å². The van der Waals surface area contributed by atoms with E-state index in [1.54, 1.807) is 7.11 Å². The molecule has 9 atom stereocenters. The van der Waals surface area contributed by atoms with Crippen LogP contribution >= 0.6 is 0 Å². The lowest BCUT2D eigenvalue weighted by molar-refractivity contribution is -0.230. The molecule has 0 heterocycles. The van der Waals surface area contributed by atoms with Crippen molar-refractivity contribution in [3.05, 3.63) is 23.9 Å². The summed E-state index contributed by atoms with van der Waals surface area (Å²) in [7, 11) is 1.59. The zero-order valence-corrected chi connectivity index (χ0v) is 23.3. The second kappa shape index (κ2) is 7.85. The second-order valence-corrected chi connectivity index (χ2v) is 14.5. The van der Waals surface area contributed by atoms with Crippen LogP contribution in [0.4, 0.5) is 0 Å². The van der Waals surface area contributed by atoms with E-state index in [1.165, 1.54) is 31.3 Å². The molecule has 0 aliphatic heterocycles. The van der Waals surface area contributed by atoms with Gasteiger partial charge in [-0.2, -0.15) is 0 Å². The fraction of sp³-hybridized carbons (Fsp3) is 0.839. The first-order valence-electron chi connectivity index (χ1n) is 14.2. The molecule has 0 amide bonds. The van der Waals surface area contributed by atoms with E-state index in [2.05, 4.69) is 59.7 Å². The maximum absolute atomic E-state index is 13.4. The predicted octanol–water partition coefficient (Wildman–Crippen LogP) is 7.29. The molecular formula is C31H49NO3. The summed E-state index contributed by atoms with van der Waals surface area (Å²) in [5.41, 5.74) is 5.13. The van der Waals surface area contributed by atoms with Gasteiger partial charge in [0.1, 0.15) is 0 Å². The molecule has 9 unspecified atom stereocenters. The van der Waals surface area contributed by atoms with E-state index in [-0.39, 0.29) is 33.0 Å². The summed E-state index contributed by atoms with van der Waals surface area (Å²) >= 11 is 0. The van der Waals surface area contributed by atoms with E-state index in [0.29, 0.717) is 29.6 Å². The Morgan fingerprint density at radius 1 is 1.00 bits per heavy atom. The minimum atomic E-state index is -0.315. The first kappa shape index (κ1) is 25.4. The molecule has 5 aliphatic rings. The van der Waals surface area contributed by atoms with Gasteiger partial charge in [-0.25, -0.2) is 0 Å². The highest BCUT2D eigenvalue weighted by Gasteiger charge is 2.71. The van der Waals surface area contributed by atoms with Crippen LogP contribution in [0.1, 0.15) is 99.3 Å².